The number of benzene rings is 3. The monoisotopic (exact) mass is 571 g/mol. The van der Waals surface area contributed by atoms with Crippen molar-refractivity contribution >= 4 is 11.8 Å². The third kappa shape index (κ3) is 9.08. The molecule has 0 atom stereocenters. The molecule has 2 amide bonds. The van der Waals surface area contributed by atoms with Gasteiger partial charge in [-0.25, -0.2) is 0 Å². The van der Waals surface area contributed by atoms with Crippen LogP contribution in [0, 0.1) is 6.92 Å². The summed E-state index contributed by atoms with van der Waals surface area (Å²) in [5.74, 6) is 2.00. The molecule has 224 valence electrons. The number of carbonyl (C=O) groups is 2. The first-order valence-electron chi connectivity index (χ1n) is 15.0. The topological polar surface area (TPSA) is 79.9 Å². The number of methoxy groups -OCH3 is 1. The molecule has 4 rings (SSSR count). The smallest absolute Gasteiger partial charge is 0.234 e. The summed E-state index contributed by atoms with van der Waals surface area (Å²) in [6.45, 7) is 9.55. The summed E-state index contributed by atoms with van der Waals surface area (Å²) in [6.07, 6.45) is 3.12. The Bertz CT molecular complexity index is 1340. The van der Waals surface area contributed by atoms with E-state index in [1.165, 1.54) is 0 Å². The predicted octanol–water partition coefficient (Wildman–Crippen LogP) is 5.67. The molecule has 2 N–H and O–H groups in total. The molecule has 0 aliphatic carbocycles. The molecule has 0 aromatic heterocycles. The van der Waals surface area contributed by atoms with Crippen molar-refractivity contribution in [3.8, 4) is 11.5 Å². The van der Waals surface area contributed by atoms with Gasteiger partial charge in [0, 0.05) is 31.7 Å². The minimum atomic E-state index is -0.0395. The minimum absolute atomic E-state index is 0.0256. The molecule has 42 heavy (non-hydrogen) atoms. The van der Waals surface area contributed by atoms with Gasteiger partial charge >= 0.3 is 0 Å². The number of hydrogen-bond donors (Lipinski definition) is 2. The number of ether oxygens (including phenoxy) is 2. The largest absolute Gasteiger partial charge is 0.496 e. The Kier molecular flexibility index (Phi) is 11.4. The maximum absolute atomic E-state index is 13.1. The third-order valence-electron chi connectivity index (χ3n) is 7.69. The van der Waals surface area contributed by atoms with Crippen LogP contribution in [0.4, 0.5) is 0 Å². The van der Waals surface area contributed by atoms with Crippen LogP contribution < -0.4 is 20.1 Å². The lowest BCUT2D eigenvalue weighted by Crippen LogP contribution is -2.37. The Labute approximate surface area is 250 Å². The normalized spacial score (nSPS) is 14.9. The van der Waals surface area contributed by atoms with Gasteiger partial charge < -0.3 is 20.1 Å². The average molecular weight is 572 g/mol. The highest BCUT2D eigenvalue weighted by atomic mass is 16.5. The number of aryl methyl sites for hydroxylation is 1. The minimum Gasteiger partial charge on any atom is -0.496 e. The highest BCUT2D eigenvalue weighted by Gasteiger charge is 2.17. The first-order valence-corrected chi connectivity index (χ1v) is 15.0. The second-order valence-electron chi connectivity index (χ2n) is 11.5. The van der Waals surface area contributed by atoms with Crippen molar-refractivity contribution < 1.29 is 19.1 Å². The number of amides is 2. The summed E-state index contributed by atoms with van der Waals surface area (Å²) in [5, 5.41) is 6.17. The van der Waals surface area contributed by atoms with Gasteiger partial charge in [-0.1, -0.05) is 56.3 Å². The number of carbonyl (C=O) groups excluding carboxylic acids is 2. The number of nitrogens with one attached hydrogen (secondary N) is 2. The Morgan fingerprint density at radius 1 is 1.02 bits per heavy atom. The highest BCUT2D eigenvalue weighted by molar-refractivity contribution is 5.79. The zero-order valence-electron chi connectivity index (χ0n) is 25.5. The summed E-state index contributed by atoms with van der Waals surface area (Å²) >= 11 is 0. The molecule has 3 aromatic carbocycles. The van der Waals surface area contributed by atoms with Crippen LogP contribution in [0.25, 0.3) is 0 Å². The van der Waals surface area contributed by atoms with E-state index < -0.39 is 0 Å². The molecule has 1 aliphatic rings. The maximum atomic E-state index is 13.1. The molecule has 0 spiro atoms. The molecule has 0 radical (unpaired) electrons. The number of rotatable bonds is 8. The van der Waals surface area contributed by atoms with E-state index in [0.29, 0.717) is 45.2 Å². The number of hydrogen-bond acceptors (Lipinski definition) is 5. The van der Waals surface area contributed by atoms with E-state index in [9.17, 15) is 9.59 Å². The molecule has 1 aliphatic heterocycles. The quantitative estimate of drug-likeness (QED) is 0.364. The van der Waals surface area contributed by atoms with Gasteiger partial charge in [0.2, 0.25) is 11.8 Å². The third-order valence-corrected chi connectivity index (χ3v) is 7.69. The predicted molar refractivity (Wildman–Crippen MR) is 167 cm³/mol. The summed E-state index contributed by atoms with van der Waals surface area (Å²) in [7, 11) is 1.69. The second kappa shape index (κ2) is 15.4. The summed E-state index contributed by atoms with van der Waals surface area (Å²) in [5.41, 5.74) is 6.35. The molecular formula is C35H45N3O4. The molecule has 0 saturated heterocycles. The van der Waals surface area contributed by atoms with Crippen molar-refractivity contribution in [2.75, 3.05) is 26.8 Å². The molecule has 0 bridgehead atoms. The van der Waals surface area contributed by atoms with Crippen LogP contribution in [0.15, 0.2) is 60.7 Å². The molecule has 0 saturated carbocycles. The van der Waals surface area contributed by atoms with Crippen molar-refractivity contribution in [1.29, 1.82) is 0 Å². The van der Waals surface area contributed by atoms with Gasteiger partial charge in [0.25, 0.3) is 0 Å². The van der Waals surface area contributed by atoms with Gasteiger partial charge in [-0.05, 0) is 78.1 Å². The van der Waals surface area contributed by atoms with E-state index in [-0.39, 0.29) is 18.2 Å². The molecule has 3 aromatic rings. The number of fused-ring (bicyclic) bond motifs is 1. The van der Waals surface area contributed by atoms with Gasteiger partial charge in [-0.15, -0.1) is 0 Å². The van der Waals surface area contributed by atoms with Gasteiger partial charge in [0.1, 0.15) is 11.5 Å². The van der Waals surface area contributed by atoms with Crippen molar-refractivity contribution in [3.63, 3.8) is 0 Å². The van der Waals surface area contributed by atoms with E-state index in [4.69, 9.17) is 9.47 Å². The zero-order chi connectivity index (χ0) is 29.9. The standard InChI is InChI=1S/C35H45N3O4/c1-25(2)31-20-29(26(3)17-33(31)41-4)21-37-34(39)19-28-13-14-32-30(18-28)23-38(22-27-11-7-5-8-12-27)24-35(40)36-15-9-6-10-16-42-32/h5,7-8,11-14,17-18,20,25H,6,9-10,15-16,19,21-24H2,1-4H3,(H,36,40)(H,37,39). The Hall–Kier alpha value is -3.84. The van der Waals surface area contributed by atoms with Crippen LogP contribution in [-0.4, -0.2) is 43.5 Å². The molecule has 0 fully saturated rings. The SMILES string of the molecule is COc1cc(C)c(CNC(=O)Cc2ccc3c(c2)CN(Cc2ccccc2)CC(=O)NCCCCCO3)cc1C(C)C. The lowest BCUT2D eigenvalue weighted by atomic mass is 9.96. The van der Waals surface area contributed by atoms with E-state index >= 15 is 0 Å². The van der Waals surface area contributed by atoms with Crippen molar-refractivity contribution in [3.05, 3.63) is 94.0 Å². The summed E-state index contributed by atoms with van der Waals surface area (Å²) < 4.78 is 11.8. The van der Waals surface area contributed by atoms with E-state index in [0.717, 1.165) is 64.1 Å². The molecule has 0 unspecified atom stereocenters. The Morgan fingerprint density at radius 3 is 2.60 bits per heavy atom. The van der Waals surface area contributed by atoms with Crippen LogP contribution in [-0.2, 0) is 35.6 Å². The fraction of sp³-hybridized carbons (Fsp3) is 0.429. The van der Waals surface area contributed by atoms with Gasteiger partial charge in [0.05, 0.1) is 26.7 Å². The first kappa shape index (κ1) is 31.1. The van der Waals surface area contributed by atoms with Crippen molar-refractivity contribution in [1.82, 2.24) is 15.5 Å². The van der Waals surface area contributed by atoms with Crippen LogP contribution in [0.5, 0.6) is 11.5 Å². The summed E-state index contributed by atoms with van der Waals surface area (Å²) in [6, 6.07) is 20.4. The second-order valence-corrected chi connectivity index (χ2v) is 11.5. The van der Waals surface area contributed by atoms with Crippen LogP contribution in [0.2, 0.25) is 0 Å². The van der Waals surface area contributed by atoms with Gasteiger partial charge in [-0.3, -0.25) is 14.5 Å². The fourth-order valence-electron chi connectivity index (χ4n) is 5.34. The van der Waals surface area contributed by atoms with Crippen molar-refractivity contribution in [2.45, 2.75) is 72.0 Å². The average Bonchev–Trinajstić information content (AvgIpc) is 2.98. The summed E-state index contributed by atoms with van der Waals surface area (Å²) in [4.78, 5) is 28.0. The maximum Gasteiger partial charge on any atom is 0.234 e. The lowest BCUT2D eigenvalue weighted by molar-refractivity contribution is -0.122. The van der Waals surface area contributed by atoms with Crippen molar-refractivity contribution in [2.24, 2.45) is 0 Å². The van der Waals surface area contributed by atoms with E-state index in [1.807, 2.05) is 43.3 Å². The highest BCUT2D eigenvalue weighted by Crippen LogP contribution is 2.30. The molecule has 7 nitrogen and oxygen atoms in total. The first-order chi connectivity index (χ1) is 20.3. The van der Waals surface area contributed by atoms with E-state index in [2.05, 4.69) is 53.6 Å². The lowest BCUT2D eigenvalue weighted by Gasteiger charge is -2.24. The number of nitrogens with zero attached hydrogens (tertiary/aromatic N) is 1. The van der Waals surface area contributed by atoms with E-state index in [1.54, 1.807) is 7.11 Å². The molecule has 1 heterocycles. The van der Waals surface area contributed by atoms with Gasteiger partial charge in [-0.2, -0.15) is 0 Å². The Balaban J connectivity index is 1.50. The Morgan fingerprint density at radius 2 is 1.83 bits per heavy atom. The molecular weight excluding hydrogens is 526 g/mol. The zero-order valence-corrected chi connectivity index (χ0v) is 25.5. The fourth-order valence-corrected chi connectivity index (χ4v) is 5.34. The van der Waals surface area contributed by atoms with Crippen LogP contribution in [0.1, 0.15) is 72.4 Å². The van der Waals surface area contributed by atoms with Crippen LogP contribution >= 0.6 is 0 Å². The van der Waals surface area contributed by atoms with Crippen LogP contribution in [0.3, 0.4) is 0 Å². The van der Waals surface area contributed by atoms with Gasteiger partial charge in [0.15, 0.2) is 0 Å². The molecule has 7 heteroatoms.